The molecule has 0 bridgehead atoms. The summed E-state index contributed by atoms with van der Waals surface area (Å²) >= 11 is 0. The summed E-state index contributed by atoms with van der Waals surface area (Å²) in [6.45, 7) is 6.31. The Balaban J connectivity index is 1.62. The van der Waals surface area contributed by atoms with Crippen LogP contribution < -0.4 is 0 Å². The van der Waals surface area contributed by atoms with Gasteiger partial charge in [0.05, 0.1) is 5.69 Å². The quantitative estimate of drug-likeness (QED) is 0.922. The fourth-order valence-electron chi connectivity index (χ4n) is 3.98. The summed E-state index contributed by atoms with van der Waals surface area (Å²) < 4.78 is 0. The molecule has 1 amide bonds. The number of amides is 1. The molecule has 0 unspecified atom stereocenters. The van der Waals surface area contributed by atoms with Crippen molar-refractivity contribution in [2.24, 2.45) is 0 Å². The molecular formula is C19H29N3O2. The Morgan fingerprint density at radius 1 is 1.21 bits per heavy atom. The van der Waals surface area contributed by atoms with Crippen LogP contribution in [-0.2, 0) is 11.3 Å². The van der Waals surface area contributed by atoms with Gasteiger partial charge < -0.3 is 10.0 Å². The van der Waals surface area contributed by atoms with Gasteiger partial charge in [-0.25, -0.2) is 0 Å². The molecule has 3 rings (SSSR count). The van der Waals surface area contributed by atoms with Crippen molar-refractivity contribution < 1.29 is 9.90 Å². The molecule has 1 N–H and O–H groups in total. The van der Waals surface area contributed by atoms with E-state index >= 15 is 0 Å². The molecule has 132 valence electrons. The van der Waals surface area contributed by atoms with E-state index in [0.717, 1.165) is 43.7 Å². The highest BCUT2D eigenvalue weighted by Crippen LogP contribution is 2.30. The van der Waals surface area contributed by atoms with Crippen LogP contribution in [0.25, 0.3) is 0 Å². The Hall–Kier alpha value is -1.62. The molecule has 2 fully saturated rings. The molecule has 1 aliphatic heterocycles. The third-order valence-corrected chi connectivity index (χ3v) is 5.48. The standard InChI is InChI=1S/C19H29N3O2/c1-14-8-9-19(24)18(20-14)13-21-11-4-7-17(10-12-21)22(15(2)23)16-5-3-6-16/h8-9,16-17,24H,3-7,10-13H2,1-2H3/t17-/m1/s1. The molecule has 5 nitrogen and oxygen atoms in total. The van der Waals surface area contributed by atoms with Gasteiger partial charge in [0.25, 0.3) is 0 Å². The molecular weight excluding hydrogens is 302 g/mol. The molecule has 24 heavy (non-hydrogen) atoms. The van der Waals surface area contributed by atoms with Gasteiger partial charge in [-0.2, -0.15) is 0 Å². The molecule has 1 saturated carbocycles. The second-order valence-corrected chi connectivity index (χ2v) is 7.29. The van der Waals surface area contributed by atoms with Gasteiger partial charge in [-0.05, 0) is 64.1 Å². The topological polar surface area (TPSA) is 56.7 Å². The molecule has 1 aromatic rings. The number of aromatic hydroxyl groups is 1. The minimum absolute atomic E-state index is 0.233. The number of hydrogen-bond acceptors (Lipinski definition) is 4. The summed E-state index contributed by atoms with van der Waals surface area (Å²) in [5.41, 5.74) is 1.69. The fourth-order valence-corrected chi connectivity index (χ4v) is 3.98. The van der Waals surface area contributed by atoms with Gasteiger partial charge in [0.2, 0.25) is 5.91 Å². The molecule has 1 saturated heterocycles. The number of hydrogen-bond donors (Lipinski definition) is 1. The number of nitrogens with zero attached hydrogens (tertiary/aromatic N) is 3. The van der Waals surface area contributed by atoms with E-state index in [1.807, 2.05) is 13.0 Å². The predicted molar refractivity (Wildman–Crippen MR) is 93.7 cm³/mol. The second-order valence-electron chi connectivity index (χ2n) is 7.29. The monoisotopic (exact) mass is 331 g/mol. The third-order valence-electron chi connectivity index (χ3n) is 5.48. The summed E-state index contributed by atoms with van der Waals surface area (Å²) in [5, 5.41) is 10.0. The van der Waals surface area contributed by atoms with Gasteiger partial charge in [-0.3, -0.25) is 14.7 Å². The van der Waals surface area contributed by atoms with Crippen molar-refractivity contribution in [3.63, 3.8) is 0 Å². The zero-order valence-electron chi connectivity index (χ0n) is 14.9. The minimum atomic E-state index is 0.233. The van der Waals surface area contributed by atoms with Gasteiger partial charge >= 0.3 is 0 Å². The Morgan fingerprint density at radius 3 is 2.58 bits per heavy atom. The lowest BCUT2D eigenvalue weighted by atomic mass is 9.89. The summed E-state index contributed by atoms with van der Waals surface area (Å²) in [4.78, 5) is 21.1. The maximum absolute atomic E-state index is 12.1. The number of carbonyl (C=O) groups excluding carboxylic acids is 1. The first kappa shape index (κ1) is 17.2. The van der Waals surface area contributed by atoms with Crippen LogP contribution in [0.4, 0.5) is 0 Å². The first-order valence-electron chi connectivity index (χ1n) is 9.21. The van der Waals surface area contributed by atoms with E-state index in [4.69, 9.17) is 0 Å². The molecule has 5 heteroatoms. The number of pyridine rings is 1. The van der Waals surface area contributed by atoms with Crippen LogP contribution in [0.1, 0.15) is 56.8 Å². The SMILES string of the molecule is CC(=O)N(C1CCC1)[C@@H]1CCCN(Cc2nc(C)ccc2O)CC1. The van der Waals surface area contributed by atoms with E-state index < -0.39 is 0 Å². The smallest absolute Gasteiger partial charge is 0.219 e. The number of likely N-dealkylation sites (tertiary alicyclic amines) is 1. The Labute approximate surface area is 144 Å². The first-order chi connectivity index (χ1) is 11.5. The molecule has 0 spiro atoms. The third kappa shape index (κ3) is 3.89. The van der Waals surface area contributed by atoms with Crippen molar-refractivity contribution in [2.75, 3.05) is 13.1 Å². The summed E-state index contributed by atoms with van der Waals surface area (Å²) in [6.07, 6.45) is 6.78. The van der Waals surface area contributed by atoms with E-state index in [2.05, 4.69) is 14.8 Å². The Morgan fingerprint density at radius 2 is 1.92 bits per heavy atom. The van der Waals surface area contributed by atoms with Crippen molar-refractivity contribution >= 4 is 5.91 Å². The molecule has 1 aromatic heterocycles. The largest absolute Gasteiger partial charge is 0.506 e. The normalized spacial score (nSPS) is 22.7. The van der Waals surface area contributed by atoms with E-state index in [0.29, 0.717) is 18.6 Å². The van der Waals surface area contributed by atoms with E-state index in [9.17, 15) is 9.90 Å². The summed E-state index contributed by atoms with van der Waals surface area (Å²) in [5.74, 6) is 0.511. The number of rotatable bonds is 4. The van der Waals surface area contributed by atoms with Gasteiger partial charge in [0.1, 0.15) is 5.75 Å². The van der Waals surface area contributed by atoms with Crippen LogP contribution in [0.15, 0.2) is 12.1 Å². The fraction of sp³-hybridized carbons (Fsp3) is 0.684. The van der Waals surface area contributed by atoms with Crippen LogP contribution in [0.2, 0.25) is 0 Å². The van der Waals surface area contributed by atoms with Crippen LogP contribution in [0, 0.1) is 6.92 Å². The molecule has 2 aliphatic rings. The number of aromatic nitrogens is 1. The predicted octanol–water partition coefficient (Wildman–Crippen LogP) is 2.85. The molecule has 2 heterocycles. The van der Waals surface area contributed by atoms with Gasteiger partial charge in [-0.1, -0.05) is 0 Å². The zero-order chi connectivity index (χ0) is 17.1. The highest BCUT2D eigenvalue weighted by molar-refractivity contribution is 5.74. The van der Waals surface area contributed by atoms with Gasteiger partial charge in [0, 0.05) is 37.8 Å². The lowest BCUT2D eigenvalue weighted by Gasteiger charge is -2.42. The second kappa shape index (κ2) is 7.51. The van der Waals surface area contributed by atoms with E-state index in [1.165, 1.54) is 19.3 Å². The first-order valence-corrected chi connectivity index (χ1v) is 9.21. The van der Waals surface area contributed by atoms with E-state index in [-0.39, 0.29) is 11.7 Å². The zero-order valence-corrected chi connectivity index (χ0v) is 14.9. The molecule has 0 radical (unpaired) electrons. The van der Waals surface area contributed by atoms with Crippen molar-refractivity contribution in [3.05, 3.63) is 23.5 Å². The van der Waals surface area contributed by atoms with E-state index in [1.54, 1.807) is 13.0 Å². The lowest BCUT2D eigenvalue weighted by Crippen LogP contribution is -2.49. The summed E-state index contributed by atoms with van der Waals surface area (Å²) in [6, 6.07) is 4.41. The number of aryl methyl sites for hydroxylation is 1. The maximum atomic E-state index is 12.1. The van der Waals surface area contributed by atoms with Gasteiger partial charge in [0.15, 0.2) is 0 Å². The number of carbonyl (C=O) groups is 1. The molecule has 1 atom stereocenters. The minimum Gasteiger partial charge on any atom is -0.506 e. The maximum Gasteiger partial charge on any atom is 0.219 e. The molecule has 0 aromatic carbocycles. The average molecular weight is 331 g/mol. The highest BCUT2D eigenvalue weighted by Gasteiger charge is 2.33. The van der Waals surface area contributed by atoms with Crippen LogP contribution in [-0.4, -0.2) is 51.0 Å². The average Bonchev–Trinajstić information content (AvgIpc) is 2.72. The highest BCUT2D eigenvalue weighted by atomic mass is 16.3. The van der Waals surface area contributed by atoms with Crippen molar-refractivity contribution in [2.45, 2.75) is 71.0 Å². The van der Waals surface area contributed by atoms with Gasteiger partial charge in [-0.15, -0.1) is 0 Å². The summed E-state index contributed by atoms with van der Waals surface area (Å²) in [7, 11) is 0. The van der Waals surface area contributed by atoms with Crippen molar-refractivity contribution in [3.8, 4) is 5.75 Å². The molecule has 1 aliphatic carbocycles. The Kier molecular flexibility index (Phi) is 5.39. The van der Waals surface area contributed by atoms with Crippen LogP contribution >= 0.6 is 0 Å². The van der Waals surface area contributed by atoms with Crippen molar-refractivity contribution in [1.82, 2.24) is 14.8 Å². The van der Waals surface area contributed by atoms with Crippen LogP contribution in [0.5, 0.6) is 5.75 Å². The Bertz CT molecular complexity index is 586. The lowest BCUT2D eigenvalue weighted by molar-refractivity contribution is -0.136. The van der Waals surface area contributed by atoms with Crippen LogP contribution in [0.3, 0.4) is 0 Å². The van der Waals surface area contributed by atoms with Crippen molar-refractivity contribution in [1.29, 1.82) is 0 Å².